The first kappa shape index (κ1) is 16.2. The van der Waals surface area contributed by atoms with E-state index in [0.717, 1.165) is 12.0 Å². The fourth-order valence-electron chi connectivity index (χ4n) is 2.41. The van der Waals surface area contributed by atoms with Crippen molar-refractivity contribution in [3.63, 3.8) is 0 Å². The minimum atomic E-state index is 0.536. The molecule has 3 heteroatoms. The zero-order valence-corrected chi connectivity index (χ0v) is 12.8. The molecule has 1 fully saturated rings. The molecule has 0 radical (unpaired) electrons. The van der Waals surface area contributed by atoms with Crippen LogP contribution in [0.25, 0.3) is 0 Å². The third-order valence-corrected chi connectivity index (χ3v) is 3.62. The van der Waals surface area contributed by atoms with Gasteiger partial charge in [-0.25, -0.2) is 0 Å². The molecule has 116 valence electrons. The molecule has 2 aromatic carbocycles. The van der Waals surface area contributed by atoms with Gasteiger partial charge in [-0.05, 0) is 37.1 Å². The molecule has 1 aliphatic carbocycles. The Bertz CT molecular complexity index is 563. The highest BCUT2D eigenvalue weighted by Crippen LogP contribution is 2.21. The Kier molecular flexibility index (Phi) is 6.65. The van der Waals surface area contributed by atoms with E-state index >= 15 is 0 Å². The van der Waals surface area contributed by atoms with Gasteiger partial charge in [0.25, 0.3) is 0 Å². The van der Waals surface area contributed by atoms with Crippen LogP contribution >= 0.6 is 0 Å². The number of carbonyl (C=O) groups excluding carboxylic acids is 1. The van der Waals surface area contributed by atoms with Gasteiger partial charge in [-0.2, -0.15) is 0 Å². The molecule has 0 saturated heterocycles. The Morgan fingerprint density at radius 3 is 2.18 bits per heavy atom. The molecule has 2 aromatic rings. The van der Waals surface area contributed by atoms with Crippen LogP contribution in [0.15, 0.2) is 54.6 Å². The van der Waals surface area contributed by atoms with Gasteiger partial charge in [-0.1, -0.05) is 49.6 Å². The maximum Gasteiger partial charge on any atom is 0.150 e. The SMILES string of the molecule is NC1CCCCC1.O=Cc1cccc(Oc2ccccc2)c1. The number of benzene rings is 2. The van der Waals surface area contributed by atoms with Crippen LogP contribution < -0.4 is 10.5 Å². The molecule has 0 aromatic heterocycles. The molecule has 0 unspecified atom stereocenters. The van der Waals surface area contributed by atoms with Crippen molar-refractivity contribution < 1.29 is 9.53 Å². The average Bonchev–Trinajstić information content (AvgIpc) is 2.57. The van der Waals surface area contributed by atoms with Crippen molar-refractivity contribution in [3.05, 3.63) is 60.2 Å². The van der Waals surface area contributed by atoms with E-state index in [1.54, 1.807) is 18.2 Å². The van der Waals surface area contributed by atoms with Gasteiger partial charge in [0.15, 0.2) is 0 Å². The number of hydrogen-bond donors (Lipinski definition) is 1. The van der Waals surface area contributed by atoms with Crippen molar-refractivity contribution in [1.82, 2.24) is 0 Å². The van der Waals surface area contributed by atoms with Crippen LogP contribution in [0.3, 0.4) is 0 Å². The van der Waals surface area contributed by atoms with E-state index in [4.69, 9.17) is 10.5 Å². The molecule has 0 amide bonds. The van der Waals surface area contributed by atoms with E-state index < -0.39 is 0 Å². The smallest absolute Gasteiger partial charge is 0.150 e. The Morgan fingerprint density at radius 1 is 0.909 bits per heavy atom. The van der Waals surface area contributed by atoms with Crippen molar-refractivity contribution in [1.29, 1.82) is 0 Å². The molecule has 0 aliphatic heterocycles. The summed E-state index contributed by atoms with van der Waals surface area (Å²) in [7, 11) is 0. The lowest BCUT2D eigenvalue weighted by Gasteiger charge is -2.15. The Balaban J connectivity index is 0.000000211. The zero-order chi connectivity index (χ0) is 15.6. The highest BCUT2D eigenvalue weighted by Gasteiger charge is 2.06. The number of hydrogen-bond acceptors (Lipinski definition) is 3. The van der Waals surface area contributed by atoms with Gasteiger partial charge >= 0.3 is 0 Å². The second-order valence-corrected chi connectivity index (χ2v) is 5.50. The zero-order valence-electron chi connectivity index (χ0n) is 12.8. The molecule has 3 rings (SSSR count). The summed E-state index contributed by atoms with van der Waals surface area (Å²) in [6, 6.07) is 17.1. The van der Waals surface area contributed by atoms with Crippen LogP contribution in [-0.4, -0.2) is 12.3 Å². The van der Waals surface area contributed by atoms with Gasteiger partial charge < -0.3 is 10.5 Å². The summed E-state index contributed by atoms with van der Waals surface area (Å²) < 4.78 is 5.56. The minimum Gasteiger partial charge on any atom is -0.457 e. The van der Waals surface area contributed by atoms with Gasteiger partial charge in [-0.3, -0.25) is 4.79 Å². The van der Waals surface area contributed by atoms with Gasteiger partial charge in [0.2, 0.25) is 0 Å². The van der Waals surface area contributed by atoms with Crippen LogP contribution in [0.4, 0.5) is 0 Å². The van der Waals surface area contributed by atoms with Gasteiger partial charge in [-0.15, -0.1) is 0 Å². The van der Waals surface area contributed by atoms with Gasteiger partial charge in [0, 0.05) is 11.6 Å². The Labute approximate surface area is 132 Å². The van der Waals surface area contributed by atoms with Crippen molar-refractivity contribution in [2.75, 3.05) is 0 Å². The lowest BCUT2D eigenvalue weighted by Crippen LogP contribution is -2.22. The maximum atomic E-state index is 10.6. The fraction of sp³-hybridized carbons (Fsp3) is 0.316. The highest BCUT2D eigenvalue weighted by atomic mass is 16.5. The fourth-order valence-corrected chi connectivity index (χ4v) is 2.41. The van der Waals surface area contributed by atoms with E-state index in [2.05, 4.69) is 0 Å². The first-order chi connectivity index (χ1) is 10.8. The van der Waals surface area contributed by atoms with Crippen LogP contribution in [0.1, 0.15) is 42.5 Å². The van der Waals surface area contributed by atoms with Crippen molar-refractivity contribution in [2.24, 2.45) is 5.73 Å². The van der Waals surface area contributed by atoms with Crippen LogP contribution in [0.2, 0.25) is 0 Å². The number of carbonyl (C=O) groups is 1. The van der Waals surface area contributed by atoms with Crippen LogP contribution in [0, 0.1) is 0 Å². The predicted octanol–water partition coefficient (Wildman–Crippen LogP) is 4.57. The molecule has 0 atom stereocenters. The average molecular weight is 297 g/mol. The number of para-hydroxylation sites is 1. The van der Waals surface area contributed by atoms with E-state index in [0.29, 0.717) is 17.4 Å². The molecule has 3 nitrogen and oxygen atoms in total. The first-order valence-electron chi connectivity index (χ1n) is 7.81. The van der Waals surface area contributed by atoms with Crippen LogP contribution in [-0.2, 0) is 0 Å². The van der Waals surface area contributed by atoms with Gasteiger partial charge in [0.05, 0.1) is 0 Å². The summed E-state index contributed by atoms with van der Waals surface area (Å²) in [4.78, 5) is 10.6. The number of aldehydes is 1. The molecule has 0 heterocycles. The molecular weight excluding hydrogens is 274 g/mol. The largest absolute Gasteiger partial charge is 0.457 e. The molecule has 1 aliphatic rings. The van der Waals surface area contributed by atoms with Crippen molar-refractivity contribution in [3.8, 4) is 11.5 Å². The summed E-state index contributed by atoms with van der Waals surface area (Å²) in [5, 5.41) is 0. The molecule has 2 N–H and O–H groups in total. The van der Waals surface area contributed by atoms with E-state index in [-0.39, 0.29) is 0 Å². The highest BCUT2D eigenvalue weighted by molar-refractivity contribution is 5.75. The standard InChI is InChI=1S/C13H10O2.C6H13N/c14-10-11-5-4-8-13(9-11)15-12-6-2-1-3-7-12;7-6-4-2-1-3-5-6/h1-10H;6H,1-5,7H2. The number of ether oxygens (including phenoxy) is 1. The normalized spacial score (nSPS) is 14.6. The molecule has 0 bridgehead atoms. The number of rotatable bonds is 3. The topological polar surface area (TPSA) is 52.3 Å². The quantitative estimate of drug-likeness (QED) is 0.844. The molecule has 1 saturated carbocycles. The molecule has 0 spiro atoms. The van der Waals surface area contributed by atoms with E-state index in [9.17, 15) is 4.79 Å². The van der Waals surface area contributed by atoms with Crippen molar-refractivity contribution in [2.45, 2.75) is 38.1 Å². The summed E-state index contributed by atoms with van der Waals surface area (Å²) >= 11 is 0. The monoisotopic (exact) mass is 297 g/mol. The molecular formula is C19H23NO2. The second-order valence-electron chi connectivity index (χ2n) is 5.50. The summed E-state index contributed by atoms with van der Waals surface area (Å²) in [5.74, 6) is 1.44. The first-order valence-corrected chi connectivity index (χ1v) is 7.81. The minimum absolute atomic E-state index is 0.536. The summed E-state index contributed by atoms with van der Waals surface area (Å²) in [6.45, 7) is 0. The number of nitrogens with two attached hydrogens (primary N) is 1. The lowest BCUT2D eigenvalue weighted by molar-refractivity contribution is 0.112. The summed E-state index contributed by atoms with van der Waals surface area (Å²) in [6.07, 6.45) is 7.47. The van der Waals surface area contributed by atoms with Crippen LogP contribution in [0.5, 0.6) is 11.5 Å². The summed E-state index contributed by atoms with van der Waals surface area (Å²) in [5.41, 5.74) is 6.25. The molecule has 22 heavy (non-hydrogen) atoms. The lowest BCUT2D eigenvalue weighted by atomic mass is 9.97. The maximum absolute atomic E-state index is 10.6. The van der Waals surface area contributed by atoms with Gasteiger partial charge in [0.1, 0.15) is 17.8 Å². The van der Waals surface area contributed by atoms with E-state index in [1.165, 1.54) is 32.1 Å². The third-order valence-electron chi connectivity index (χ3n) is 3.62. The van der Waals surface area contributed by atoms with E-state index in [1.807, 2.05) is 36.4 Å². The van der Waals surface area contributed by atoms with Crippen molar-refractivity contribution >= 4 is 6.29 Å². The Morgan fingerprint density at radius 2 is 1.59 bits per heavy atom. The second kappa shape index (κ2) is 9.00. The predicted molar refractivity (Wildman–Crippen MR) is 89.4 cm³/mol. The third kappa shape index (κ3) is 5.70. The Hall–Kier alpha value is -2.13.